The van der Waals surface area contributed by atoms with E-state index in [4.69, 9.17) is 10.8 Å². The average molecular weight is 304 g/mol. The van der Waals surface area contributed by atoms with Gasteiger partial charge in [-0.2, -0.15) is 0 Å². The van der Waals surface area contributed by atoms with Gasteiger partial charge in [0.05, 0.1) is 5.56 Å². The fourth-order valence-corrected chi connectivity index (χ4v) is 2.61. The second-order valence-corrected chi connectivity index (χ2v) is 5.55. The zero-order valence-electron chi connectivity index (χ0n) is 11.7. The summed E-state index contributed by atoms with van der Waals surface area (Å²) in [5, 5.41) is 13.8. The molecule has 0 amide bonds. The summed E-state index contributed by atoms with van der Waals surface area (Å²) in [6.45, 7) is 2.22. The number of hydrogen-bond donors (Lipinski definition) is 4. The second-order valence-electron chi connectivity index (χ2n) is 5.07. The number of hydrogen-bond acceptors (Lipinski definition) is 4. The van der Waals surface area contributed by atoms with Crippen molar-refractivity contribution in [1.82, 2.24) is 5.32 Å². The van der Waals surface area contributed by atoms with Gasteiger partial charge in [-0.15, -0.1) is 12.6 Å². The molecule has 0 radical (unpaired) electrons. The highest BCUT2D eigenvalue weighted by molar-refractivity contribution is 7.80. The minimum Gasteiger partial charge on any atom is -0.478 e. The van der Waals surface area contributed by atoms with Gasteiger partial charge in [0.15, 0.2) is 0 Å². The Morgan fingerprint density at radius 3 is 2.33 bits per heavy atom. The third kappa shape index (κ3) is 4.20. The van der Waals surface area contributed by atoms with Gasteiger partial charge in [0.1, 0.15) is 0 Å². The molecule has 112 valence electrons. The van der Waals surface area contributed by atoms with Crippen molar-refractivity contribution in [1.29, 1.82) is 0 Å². The van der Waals surface area contributed by atoms with Gasteiger partial charge in [0, 0.05) is 10.9 Å². The van der Waals surface area contributed by atoms with Gasteiger partial charge >= 0.3 is 5.97 Å². The van der Waals surface area contributed by atoms with Gasteiger partial charge in [0.25, 0.3) is 0 Å². The molecule has 0 unspecified atom stereocenters. The first-order valence-electron chi connectivity index (χ1n) is 7.00. The average Bonchev–Trinajstić information content (AvgIpc) is 2.48. The minimum atomic E-state index is -0.908. The molecule has 2 aromatic rings. The smallest absolute Gasteiger partial charge is 0.336 e. The van der Waals surface area contributed by atoms with E-state index in [0.717, 1.165) is 41.6 Å². The number of benzene rings is 2. The van der Waals surface area contributed by atoms with Crippen LogP contribution in [0.1, 0.15) is 23.2 Å². The van der Waals surface area contributed by atoms with E-state index < -0.39 is 5.97 Å². The Kier molecular flexibility index (Phi) is 5.61. The van der Waals surface area contributed by atoms with E-state index >= 15 is 0 Å². The molecule has 0 aromatic heterocycles. The van der Waals surface area contributed by atoms with E-state index in [1.165, 1.54) is 0 Å². The SMILES string of the molecule is NC1CCNCC1.O=C(O)c1cccc2c(S)cccc12. The Hall–Kier alpha value is -1.56. The minimum absolute atomic E-state index is 0.318. The molecular weight excluding hydrogens is 284 g/mol. The normalized spacial score (nSPS) is 15.3. The molecule has 1 saturated heterocycles. The predicted octanol–water partition coefficient (Wildman–Crippen LogP) is 2.52. The largest absolute Gasteiger partial charge is 0.478 e. The zero-order valence-corrected chi connectivity index (χ0v) is 12.6. The predicted molar refractivity (Wildman–Crippen MR) is 88.2 cm³/mol. The van der Waals surface area contributed by atoms with E-state index in [2.05, 4.69) is 17.9 Å². The summed E-state index contributed by atoms with van der Waals surface area (Å²) < 4.78 is 0. The number of nitrogens with two attached hydrogens (primary N) is 1. The second kappa shape index (κ2) is 7.45. The van der Waals surface area contributed by atoms with Crippen LogP contribution in [0.5, 0.6) is 0 Å². The molecule has 1 heterocycles. The summed E-state index contributed by atoms with van der Waals surface area (Å²) in [4.78, 5) is 11.7. The van der Waals surface area contributed by atoms with Crippen LogP contribution in [0.25, 0.3) is 10.8 Å². The van der Waals surface area contributed by atoms with Crippen LogP contribution in [0.15, 0.2) is 41.3 Å². The van der Waals surface area contributed by atoms with E-state index in [0.29, 0.717) is 11.6 Å². The van der Waals surface area contributed by atoms with Crippen molar-refractivity contribution >= 4 is 29.4 Å². The number of aromatic carboxylic acids is 1. The molecule has 0 bridgehead atoms. The van der Waals surface area contributed by atoms with Crippen molar-refractivity contribution in [2.45, 2.75) is 23.8 Å². The number of carboxylic acids is 1. The van der Waals surface area contributed by atoms with E-state index in [9.17, 15) is 4.79 Å². The van der Waals surface area contributed by atoms with Crippen LogP contribution < -0.4 is 11.1 Å². The monoisotopic (exact) mass is 304 g/mol. The first-order valence-corrected chi connectivity index (χ1v) is 7.44. The molecule has 0 atom stereocenters. The molecule has 2 aromatic carbocycles. The molecule has 0 aliphatic carbocycles. The fraction of sp³-hybridized carbons (Fsp3) is 0.312. The van der Waals surface area contributed by atoms with Gasteiger partial charge in [-0.1, -0.05) is 24.3 Å². The Labute approximate surface area is 129 Å². The lowest BCUT2D eigenvalue weighted by Gasteiger charge is -2.17. The van der Waals surface area contributed by atoms with E-state index in [1.54, 1.807) is 24.3 Å². The molecule has 1 aliphatic rings. The van der Waals surface area contributed by atoms with Crippen LogP contribution in [0, 0.1) is 0 Å². The van der Waals surface area contributed by atoms with Gasteiger partial charge in [-0.3, -0.25) is 0 Å². The number of carbonyl (C=O) groups is 1. The van der Waals surface area contributed by atoms with Crippen molar-refractivity contribution in [2.75, 3.05) is 13.1 Å². The molecule has 0 spiro atoms. The number of rotatable bonds is 1. The molecule has 4 N–H and O–H groups in total. The third-order valence-corrected chi connectivity index (χ3v) is 3.90. The highest BCUT2D eigenvalue weighted by Crippen LogP contribution is 2.24. The van der Waals surface area contributed by atoms with E-state index in [-0.39, 0.29) is 0 Å². The number of piperidine rings is 1. The lowest BCUT2D eigenvalue weighted by molar-refractivity contribution is 0.0699. The maximum Gasteiger partial charge on any atom is 0.336 e. The summed E-state index contributed by atoms with van der Waals surface area (Å²) in [7, 11) is 0. The Balaban J connectivity index is 0.000000194. The molecule has 1 aliphatic heterocycles. The van der Waals surface area contributed by atoms with Crippen LogP contribution in [0.2, 0.25) is 0 Å². The third-order valence-electron chi connectivity index (χ3n) is 3.51. The fourth-order valence-electron chi connectivity index (χ4n) is 2.32. The maximum atomic E-state index is 10.9. The quantitative estimate of drug-likeness (QED) is 0.611. The number of fused-ring (bicyclic) bond motifs is 1. The highest BCUT2D eigenvalue weighted by Gasteiger charge is 2.08. The first-order chi connectivity index (χ1) is 10.1. The molecule has 4 nitrogen and oxygen atoms in total. The standard InChI is InChI=1S/C11H8O2S.C5H12N2/c12-11(13)9-5-1-4-8-7(9)3-2-6-10(8)14;6-5-1-3-7-4-2-5/h1-6,14H,(H,12,13);5,7H,1-4,6H2. The van der Waals surface area contributed by atoms with E-state index in [1.807, 2.05) is 12.1 Å². The molecule has 1 fully saturated rings. The van der Waals surface area contributed by atoms with Crippen LogP contribution in [0.4, 0.5) is 0 Å². The van der Waals surface area contributed by atoms with Crippen molar-refractivity contribution in [3.8, 4) is 0 Å². The summed E-state index contributed by atoms with van der Waals surface area (Å²) >= 11 is 4.27. The highest BCUT2D eigenvalue weighted by atomic mass is 32.1. The molecule has 5 heteroatoms. The number of thiol groups is 1. The summed E-state index contributed by atoms with van der Waals surface area (Å²) in [6.07, 6.45) is 2.31. The molecule has 21 heavy (non-hydrogen) atoms. The van der Waals surface area contributed by atoms with Gasteiger partial charge in [0.2, 0.25) is 0 Å². The van der Waals surface area contributed by atoms with Crippen molar-refractivity contribution in [3.05, 3.63) is 42.0 Å². The Morgan fingerprint density at radius 1 is 1.14 bits per heavy atom. The van der Waals surface area contributed by atoms with Crippen LogP contribution >= 0.6 is 12.6 Å². The topological polar surface area (TPSA) is 75.3 Å². The summed E-state index contributed by atoms with van der Waals surface area (Å²) in [6, 6.07) is 11.1. The van der Waals surface area contributed by atoms with Crippen molar-refractivity contribution in [2.24, 2.45) is 5.73 Å². The van der Waals surface area contributed by atoms with Crippen molar-refractivity contribution in [3.63, 3.8) is 0 Å². The lowest BCUT2D eigenvalue weighted by atomic mass is 10.0. The van der Waals surface area contributed by atoms with Crippen LogP contribution in [-0.2, 0) is 0 Å². The van der Waals surface area contributed by atoms with Gasteiger partial charge < -0.3 is 16.2 Å². The molecule has 0 saturated carbocycles. The summed E-state index contributed by atoms with van der Waals surface area (Å²) in [5.41, 5.74) is 5.91. The first kappa shape index (κ1) is 15.8. The van der Waals surface area contributed by atoms with Crippen LogP contribution in [0.3, 0.4) is 0 Å². The Bertz CT molecular complexity index is 625. The summed E-state index contributed by atoms with van der Waals surface area (Å²) in [5.74, 6) is -0.908. The maximum absolute atomic E-state index is 10.9. The Morgan fingerprint density at radius 2 is 1.76 bits per heavy atom. The number of nitrogens with one attached hydrogen (secondary N) is 1. The zero-order chi connectivity index (χ0) is 15.2. The van der Waals surface area contributed by atoms with Gasteiger partial charge in [-0.05, 0) is 48.8 Å². The lowest BCUT2D eigenvalue weighted by Crippen LogP contribution is -2.35. The molecule has 3 rings (SSSR count). The van der Waals surface area contributed by atoms with Crippen LogP contribution in [-0.4, -0.2) is 30.2 Å². The molecular formula is C16H20N2O2S. The number of carboxylic acid groups (broad SMARTS) is 1. The van der Waals surface area contributed by atoms with Crippen molar-refractivity contribution < 1.29 is 9.90 Å². The van der Waals surface area contributed by atoms with Gasteiger partial charge in [-0.25, -0.2) is 4.79 Å².